The normalized spacial score (nSPS) is 10.6. The van der Waals surface area contributed by atoms with E-state index in [9.17, 15) is 4.79 Å². The van der Waals surface area contributed by atoms with E-state index in [1.54, 1.807) is 0 Å². The standard InChI is InChI=1S/C20H25NO2/c1-15(2)14-23-19-11-9-18(10-12-19)21-20(22)13-8-17-6-4-16(3)5-7-17/h4-7,9-12,15H,8,13-14H2,1-3H3,(H,21,22). The number of amides is 1. The van der Waals surface area contributed by atoms with Crippen LogP contribution in [0.3, 0.4) is 0 Å². The average molecular weight is 311 g/mol. The third-order valence-corrected chi connectivity index (χ3v) is 3.48. The largest absolute Gasteiger partial charge is 0.493 e. The van der Waals surface area contributed by atoms with E-state index in [4.69, 9.17) is 4.74 Å². The van der Waals surface area contributed by atoms with Crippen molar-refractivity contribution in [1.82, 2.24) is 0 Å². The minimum absolute atomic E-state index is 0.0291. The molecule has 0 saturated carbocycles. The van der Waals surface area contributed by atoms with Gasteiger partial charge in [0.05, 0.1) is 6.61 Å². The van der Waals surface area contributed by atoms with Gasteiger partial charge < -0.3 is 10.1 Å². The van der Waals surface area contributed by atoms with Crippen LogP contribution in [-0.2, 0) is 11.2 Å². The molecule has 2 aromatic rings. The van der Waals surface area contributed by atoms with Crippen molar-refractivity contribution in [2.24, 2.45) is 5.92 Å². The molecule has 0 unspecified atom stereocenters. The molecule has 0 aliphatic carbocycles. The van der Waals surface area contributed by atoms with Crippen molar-refractivity contribution in [3.05, 3.63) is 59.7 Å². The van der Waals surface area contributed by atoms with E-state index in [1.165, 1.54) is 11.1 Å². The van der Waals surface area contributed by atoms with Gasteiger partial charge in [-0.1, -0.05) is 43.7 Å². The molecular weight excluding hydrogens is 286 g/mol. The molecule has 0 saturated heterocycles. The number of carbonyl (C=O) groups is 1. The van der Waals surface area contributed by atoms with Gasteiger partial charge in [-0.15, -0.1) is 0 Å². The zero-order valence-electron chi connectivity index (χ0n) is 14.1. The van der Waals surface area contributed by atoms with E-state index in [-0.39, 0.29) is 5.91 Å². The average Bonchev–Trinajstić information content (AvgIpc) is 2.53. The molecular formula is C20H25NO2. The van der Waals surface area contributed by atoms with Crippen LogP contribution in [0.25, 0.3) is 0 Å². The number of rotatable bonds is 7. The first-order chi connectivity index (χ1) is 11.0. The van der Waals surface area contributed by atoms with Crippen molar-refractivity contribution >= 4 is 11.6 Å². The minimum atomic E-state index is 0.0291. The van der Waals surface area contributed by atoms with Crippen LogP contribution in [-0.4, -0.2) is 12.5 Å². The van der Waals surface area contributed by atoms with Crippen LogP contribution in [0, 0.1) is 12.8 Å². The molecule has 0 bridgehead atoms. The van der Waals surface area contributed by atoms with Gasteiger partial charge in [-0.05, 0) is 49.1 Å². The van der Waals surface area contributed by atoms with Crippen LogP contribution in [0.15, 0.2) is 48.5 Å². The van der Waals surface area contributed by atoms with Gasteiger partial charge in [-0.25, -0.2) is 0 Å². The molecule has 0 spiro atoms. The molecule has 3 nitrogen and oxygen atoms in total. The van der Waals surface area contributed by atoms with Crippen molar-refractivity contribution < 1.29 is 9.53 Å². The second-order valence-corrected chi connectivity index (χ2v) is 6.26. The van der Waals surface area contributed by atoms with Crippen molar-refractivity contribution in [3.63, 3.8) is 0 Å². The van der Waals surface area contributed by atoms with Crippen molar-refractivity contribution in [2.45, 2.75) is 33.6 Å². The summed E-state index contributed by atoms with van der Waals surface area (Å²) in [5.74, 6) is 1.36. The fourth-order valence-electron chi connectivity index (χ4n) is 2.13. The lowest BCUT2D eigenvalue weighted by molar-refractivity contribution is -0.116. The predicted molar refractivity (Wildman–Crippen MR) is 94.9 cm³/mol. The van der Waals surface area contributed by atoms with Crippen LogP contribution < -0.4 is 10.1 Å². The quantitative estimate of drug-likeness (QED) is 0.811. The van der Waals surface area contributed by atoms with Crippen LogP contribution >= 0.6 is 0 Å². The highest BCUT2D eigenvalue weighted by Crippen LogP contribution is 2.17. The van der Waals surface area contributed by atoms with Gasteiger partial charge in [-0.2, -0.15) is 0 Å². The summed E-state index contributed by atoms with van der Waals surface area (Å²) in [6, 6.07) is 15.8. The number of ether oxygens (including phenoxy) is 1. The number of hydrogen-bond donors (Lipinski definition) is 1. The molecule has 122 valence electrons. The highest BCUT2D eigenvalue weighted by atomic mass is 16.5. The summed E-state index contributed by atoms with van der Waals surface area (Å²) in [4.78, 5) is 12.0. The first kappa shape index (κ1) is 17.1. The van der Waals surface area contributed by atoms with Gasteiger partial charge in [0.15, 0.2) is 0 Å². The lowest BCUT2D eigenvalue weighted by atomic mass is 10.1. The second-order valence-electron chi connectivity index (χ2n) is 6.26. The molecule has 23 heavy (non-hydrogen) atoms. The summed E-state index contributed by atoms with van der Waals surface area (Å²) in [6.45, 7) is 6.98. The van der Waals surface area contributed by atoms with Gasteiger partial charge in [0.1, 0.15) is 5.75 Å². The van der Waals surface area contributed by atoms with Crippen LogP contribution in [0.4, 0.5) is 5.69 Å². The first-order valence-electron chi connectivity index (χ1n) is 8.11. The summed E-state index contributed by atoms with van der Waals surface area (Å²) in [5, 5.41) is 2.92. The lowest BCUT2D eigenvalue weighted by Crippen LogP contribution is -2.12. The zero-order valence-corrected chi connectivity index (χ0v) is 14.1. The molecule has 0 atom stereocenters. The smallest absolute Gasteiger partial charge is 0.224 e. The van der Waals surface area contributed by atoms with Gasteiger partial charge >= 0.3 is 0 Å². The van der Waals surface area contributed by atoms with E-state index in [0.29, 0.717) is 18.9 Å². The zero-order chi connectivity index (χ0) is 16.7. The maximum Gasteiger partial charge on any atom is 0.224 e. The summed E-state index contributed by atoms with van der Waals surface area (Å²) in [5.41, 5.74) is 3.22. The van der Waals surface area contributed by atoms with Crippen LogP contribution in [0.2, 0.25) is 0 Å². The molecule has 1 N–H and O–H groups in total. The molecule has 0 fully saturated rings. The van der Waals surface area contributed by atoms with E-state index in [0.717, 1.165) is 17.9 Å². The number of anilines is 1. The molecule has 0 heterocycles. The van der Waals surface area contributed by atoms with Gasteiger partial charge in [0, 0.05) is 12.1 Å². The van der Waals surface area contributed by atoms with Gasteiger partial charge in [0.25, 0.3) is 0 Å². The van der Waals surface area contributed by atoms with E-state index < -0.39 is 0 Å². The Balaban J connectivity index is 1.79. The summed E-state index contributed by atoms with van der Waals surface area (Å²) < 4.78 is 5.63. The molecule has 0 aliphatic heterocycles. The van der Waals surface area contributed by atoms with Gasteiger partial charge in [0.2, 0.25) is 5.91 Å². The van der Waals surface area contributed by atoms with Crippen molar-refractivity contribution in [1.29, 1.82) is 0 Å². The Morgan fingerprint density at radius 1 is 1.04 bits per heavy atom. The van der Waals surface area contributed by atoms with Crippen LogP contribution in [0.5, 0.6) is 5.75 Å². The third kappa shape index (κ3) is 6.15. The SMILES string of the molecule is Cc1ccc(CCC(=O)Nc2ccc(OCC(C)C)cc2)cc1. The van der Waals surface area contributed by atoms with Crippen molar-refractivity contribution in [2.75, 3.05) is 11.9 Å². The Kier molecular flexibility index (Phi) is 6.21. The second kappa shape index (κ2) is 8.37. The lowest BCUT2D eigenvalue weighted by Gasteiger charge is -2.10. The monoisotopic (exact) mass is 311 g/mol. The molecule has 0 aliphatic rings. The fourth-order valence-corrected chi connectivity index (χ4v) is 2.13. The van der Waals surface area contributed by atoms with Gasteiger partial charge in [-0.3, -0.25) is 4.79 Å². The highest BCUT2D eigenvalue weighted by molar-refractivity contribution is 5.90. The Bertz CT molecular complexity index is 615. The molecule has 2 rings (SSSR count). The topological polar surface area (TPSA) is 38.3 Å². The Hall–Kier alpha value is -2.29. The summed E-state index contributed by atoms with van der Waals surface area (Å²) >= 11 is 0. The minimum Gasteiger partial charge on any atom is -0.493 e. The Morgan fingerprint density at radius 2 is 1.70 bits per heavy atom. The Morgan fingerprint density at radius 3 is 2.30 bits per heavy atom. The predicted octanol–water partition coefficient (Wildman–Crippen LogP) is 4.60. The summed E-state index contributed by atoms with van der Waals surface area (Å²) in [6.07, 6.45) is 1.23. The number of aryl methyl sites for hydroxylation is 2. The third-order valence-electron chi connectivity index (χ3n) is 3.48. The van der Waals surface area contributed by atoms with E-state index >= 15 is 0 Å². The summed E-state index contributed by atoms with van der Waals surface area (Å²) in [7, 11) is 0. The van der Waals surface area contributed by atoms with E-state index in [1.807, 2.05) is 24.3 Å². The number of nitrogens with one attached hydrogen (secondary N) is 1. The molecule has 0 aromatic heterocycles. The van der Waals surface area contributed by atoms with E-state index in [2.05, 4.69) is 50.4 Å². The maximum atomic E-state index is 12.0. The molecule has 2 aromatic carbocycles. The maximum absolute atomic E-state index is 12.0. The highest BCUT2D eigenvalue weighted by Gasteiger charge is 2.04. The first-order valence-corrected chi connectivity index (χ1v) is 8.11. The number of carbonyl (C=O) groups excluding carboxylic acids is 1. The van der Waals surface area contributed by atoms with Crippen LogP contribution in [0.1, 0.15) is 31.4 Å². The molecule has 1 amide bonds. The molecule has 0 radical (unpaired) electrons. The number of hydrogen-bond acceptors (Lipinski definition) is 2. The Labute approximate surface area is 138 Å². The fraction of sp³-hybridized carbons (Fsp3) is 0.350. The number of benzene rings is 2. The molecule has 3 heteroatoms. The van der Waals surface area contributed by atoms with Crippen molar-refractivity contribution in [3.8, 4) is 5.75 Å².